The molecule has 0 aromatic heterocycles. The monoisotopic (exact) mass is 247 g/mol. The summed E-state index contributed by atoms with van der Waals surface area (Å²) in [5, 5.41) is 6.80. The summed E-state index contributed by atoms with van der Waals surface area (Å²) in [6.45, 7) is 5.14. The maximum atomic E-state index is 11.1. The van der Waals surface area contributed by atoms with Crippen molar-refractivity contribution in [1.29, 1.82) is 0 Å². The van der Waals surface area contributed by atoms with Gasteiger partial charge in [0.15, 0.2) is 0 Å². The Morgan fingerprint density at radius 2 is 2.17 bits per heavy atom. The van der Waals surface area contributed by atoms with Gasteiger partial charge in [-0.15, -0.1) is 0 Å². The molecule has 98 valence electrons. The second-order valence-corrected chi connectivity index (χ2v) is 4.97. The zero-order valence-electron chi connectivity index (χ0n) is 10.8. The van der Waals surface area contributed by atoms with Crippen LogP contribution in [0, 0.1) is 12.8 Å². The number of anilines is 1. The van der Waals surface area contributed by atoms with E-state index in [1.807, 2.05) is 19.1 Å². The van der Waals surface area contributed by atoms with Crippen LogP contribution >= 0.6 is 0 Å². The molecule has 1 fully saturated rings. The number of primary amides is 1. The van der Waals surface area contributed by atoms with Gasteiger partial charge in [-0.2, -0.15) is 0 Å². The first kappa shape index (κ1) is 12.9. The Hall–Kier alpha value is -1.55. The molecule has 0 spiro atoms. The number of carbonyl (C=O) groups excluding carboxylic acids is 1. The normalized spacial score (nSPS) is 16.5. The SMILES string of the molecule is Cc1cc(NCC2CCNCC2)ccc1C(N)=O. The Bertz CT molecular complexity index is 425. The quantitative estimate of drug-likeness (QED) is 0.755. The van der Waals surface area contributed by atoms with E-state index in [4.69, 9.17) is 5.73 Å². The molecule has 0 unspecified atom stereocenters. The highest BCUT2D eigenvalue weighted by atomic mass is 16.1. The molecule has 0 bridgehead atoms. The van der Waals surface area contributed by atoms with E-state index in [1.165, 1.54) is 12.8 Å². The van der Waals surface area contributed by atoms with Gasteiger partial charge in [0, 0.05) is 17.8 Å². The number of hydrogen-bond acceptors (Lipinski definition) is 3. The molecule has 1 saturated heterocycles. The minimum atomic E-state index is -0.364. The van der Waals surface area contributed by atoms with Crippen LogP contribution in [0.5, 0.6) is 0 Å². The lowest BCUT2D eigenvalue weighted by atomic mass is 9.98. The Labute approximate surface area is 108 Å². The second-order valence-electron chi connectivity index (χ2n) is 4.97. The highest BCUT2D eigenvalue weighted by Gasteiger charge is 2.12. The van der Waals surface area contributed by atoms with Crippen LogP contribution < -0.4 is 16.4 Å². The largest absolute Gasteiger partial charge is 0.385 e. The number of piperidine rings is 1. The van der Waals surface area contributed by atoms with Crippen molar-refractivity contribution in [1.82, 2.24) is 5.32 Å². The van der Waals surface area contributed by atoms with Crippen molar-refractivity contribution in [2.45, 2.75) is 19.8 Å². The minimum absolute atomic E-state index is 0.364. The van der Waals surface area contributed by atoms with Crippen molar-refractivity contribution >= 4 is 11.6 Å². The lowest BCUT2D eigenvalue weighted by Gasteiger charge is -2.23. The predicted octanol–water partition coefficient (Wildman–Crippen LogP) is 1.51. The fourth-order valence-electron chi connectivity index (χ4n) is 2.40. The first-order chi connectivity index (χ1) is 8.66. The number of benzene rings is 1. The molecule has 4 nitrogen and oxygen atoms in total. The third-order valence-electron chi connectivity index (χ3n) is 3.55. The van der Waals surface area contributed by atoms with Crippen LogP contribution in [-0.2, 0) is 0 Å². The lowest BCUT2D eigenvalue weighted by molar-refractivity contribution is 0.1000. The average molecular weight is 247 g/mol. The highest BCUT2D eigenvalue weighted by Crippen LogP contribution is 2.17. The lowest BCUT2D eigenvalue weighted by Crippen LogP contribution is -2.31. The van der Waals surface area contributed by atoms with Crippen molar-refractivity contribution in [3.8, 4) is 0 Å². The zero-order chi connectivity index (χ0) is 13.0. The van der Waals surface area contributed by atoms with E-state index in [0.717, 1.165) is 36.8 Å². The fraction of sp³-hybridized carbons (Fsp3) is 0.500. The average Bonchev–Trinajstić information content (AvgIpc) is 2.37. The minimum Gasteiger partial charge on any atom is -0.385 e. The molecule has 0 saturated carbocycles. The van der Waals surface area contributed by atoms with Crippen LogP contribution in [0.3, 0.4) is 0 Å². The van der Waals surface area contributed by atoms with E-state index in [-0.39, 0.29) is 5.91 Å². The van der Waals surface area contributed by atoms with Gasteiger partial charge in [0.05, 0.1) is 0 Å². The van der Waals surface area contributed by atoms with Gasteiger partial charge in [-0.3, -0.25) is 4.79 Å². The molecule has 1 aliphatic heterocycles. The Morgan fingerprint density at radius 1 is 1.44 bits per heavy atom. The molecular formula is C14H21N3O. The Balaban J connectivity index is 1.93. The van der Waals surface area contributed by atoms with E-state index in [1.54, 1.807) is 6.07 Å². The summed E-state index contributed by atoms with van der Waals surface area (Å²) in [6.07, 6.45) is 2.46. The number of nitrogens with two attached hydrogens (primary N) is 1. The van der Waals surface area contributed by atoms with Crippen LogP contribution in [0.4, 0.5) is 5.69 Å². The van der Waals surface area contributed by atoms with E-state index >= 15 is 0 Å². The van der Waals surface area contributed by atoms with Gasteiger partial charge < -0.3 is 16.4 Å². The molecule has 1 aromatic carbocycles. The van der Waals surface area contributed by atoms with Gasteiger partial charge >= 0.3 is 0 Å². The van der Waals surface area contributed by atoms with Gasteiger partial charge in [0.1, 0.15) is 0 Å². The molecule has 0 atom stereocenters. The third-order valence-corrected chi connectivity index (χ3v) is 3.55. The van der Waals surface area contributed by atoms with E-state index in [0.29, 0.717) is 5.56 Å². The molecule has 18 heavy (non-hydrogen) atoms. The second kappa shape index (κ2) is 5.87. The van der Waals surface area contributed by atoms with Crippen LogP contribution in [-0.4, -0.2) is 25.5 Å². The van der Waals surface area contributed by atoms with Gasteiger partial charge in [-0.1, -0.05) is 0 Å². The predicted molar refractivity (Wildman–Crippen MR) is 73.8 cm³/mol. The number of carbonyl (C=O) groups is 1. The van der Waals surface area contributed by atoms with Crippen LogP contribution in [0.15, 0.2) is 18.2 Å². The van der Waals surface area contributed by atoms with Gasteiger partial charge in [0.2, 0.25) is 5.91 Å². The van der Waals surface area contributed by atoms with Crippen molar-refractivity contribution in [2.75, 3.05) is 25.0 Å². The number of amides is 1. The molecule has 1 aromatic rings. The summed E-state index contributed by atoms with van der Waals surface area (Å²) in [5.41, 5.74) is 7.88. The Kier molecular flexibility index (Phi) is 4.20. The number of rotatable bonds is 4. The van der Waals surface area contributed by atoms with E-state index < -0.39 is 0 Å². The first-order valence-electron chi connectivity index (χ1n) is 6.52. The molecule has 1 amide bonds. The summed E-state index contributed by atoms with van der Waals surface area (Å²) >= 11 is 0. The summed E-state index contributed by atoms with van der Waals surface area (Å²) in [7, 11) is 0. The van der Waals surface area contributed by atoms with E-state index in [2.05, 4.69) is 10.6 Å². The van der Waals surface area contributed by atoms with Crippen LogP contribution in [0.1, 0.15) is 28.8 Å². The van der Waals surface area contributed by atoms with Gasteiger partial charge in [0.25, 0.3) is 0 Å². The summed E-state index contributed by atoms with van der Waals surface area (Å²) < 4.78 is 0. The summed E-state index contributed by atoms with van der Waals surface area (Å²) in [4.78, 5) is 11.1. The molecule has 0 radical (unpaired) electrons. The van der Waals surface area contributed by atoms with Crippen LogP contribution in [0.25, 0.3) is 0 Å². The van der Waals surface area contributed by atoms with E-state index in [9.17, 15) is 4.79 Å². The summed E-state index contributed by atoms with van der Waals surface area (Å²) in [6, 6.07) is 5.71. The zero-order valence-corrected chi connectivity index (χ0v) is 10.8. The topological polar surface area (TPSA) is 67.2 Å². The standard InChI is InChI=1S/C14H21N3O/c1-10-8-12(2-3-13(10)14(15)18)17-9-11-4-6-16-7-5-11/h2-3,8,11,16-17H,4-7,9H2,1H3,(H2,15,18). The highest BCUT2D eigenvalue weighted by molar-refractivity contribution is 5.94. The van der Waals surface area contributed by atoms with Crippen LogP contribution in [0.2, 0.25) is 0 Å². The fourth-order valence-corrected chi connectivity index (χ4v) is 2.40. The third kappa shape index (κ3) is 3.23. The maximum Gasteiger partial charge on any atom is 0.248 e. The van der Waals surface area contributed by atoms with Gasteiger partial charge in [-0.05, 0) is 62.5 Å². The number of aryl methyl sites for hydroxylation is 1. The molecule has 4 N–H and O–H groups in total. The van der Waals surface area contributed by atoms with Crippen molar-refractivity contribution in [3.05, 3.63) is 29.3 Å². The smallest absolute Gasteiger partial charge is 0.248 e. The Morgan fingerprint density at radius 3 is 2.78 bits per heavy atom. The molecule has 0 aliphatic carbocycles. The van der Waals surface area contributed by atoms with Gasteiger partial charge in [-0.25, -0.2) is 0 Å². The van der Waals surface area contributed by atoms with Crippen molar-refractivity contribution in [3.63, 3.8) is 0 Å². The number of hydrogen-bond donors (Lipinski definition) is 3. The number of nitrogens with one attached hydrogen (secondary N) is 2. The van der Waals surface area contributed by atoms with Crippen molar-refractivity contribution in [2.24, 2.45) is 11.7 Å². The molecular weight excluding hydrogens is 226 g/mol. The first-order valence-corrected chi connectivity index (χ1v) is 6.52. The summed E-state index contributed by atoms with van der Waals surface area (Å²) in [5.74, 6) is 0.375. The molecule has 1 heterocycles. The molecule has 1 aliphatic rings. The molecule has 4 heteroatoms. The molecule has 2 rings (SSSR count). The van der Waals surface area contributed by atoms with Crippen molar-refractivity contribution < 1.29 is 4.79 Å². The maximum absolute atomic E-state index is 11.1.